The number of aryl methyl sites for hydroxylation is 1. The van der Waals surface area contributed by atoms with E-state index in [-0.39, 0.29) is 5.41 Å². The van der Waals surface area contributed by atoms with Crippen LogP contribution in [0, 0.1) is 12.8 Å². The third kappa shape index (κ3) is 2.96. The lowest BCUT2D eigenvalue weighted by Gasteiger charge is -2.23. The second kappa shape index (κ2) is 7.21. The first-order chi connectivity index (χ1) is 11.4. The molecule has 3 rings (SSSR count). The van der Waals surface area contributed by atoms with E-state index in [2.05, 4.69) is 46.8 Å². The van der Waals surface area contributed by atoms with Crippen molar-refractivity contribution in [2.75, 3.05) is 0 Å². The summed E-state index contributed by atoms with van der Waals surface area (Å²) in [6, 6.07) is 0. The van der Waals surface area contributed by atoms with Gasteiger partial charge >= 0.3 is 0 Å². The zero-order valence-corrected chi connectivity index (χ0v) is 16.8. The molecule has 2 aliphatic carbocycles. The molecule has 0 aliphatic heterocycles. The maximum absolute atomic E-state index is 4.89. The molecule has 0 saturated heterocycles. The number of fused-ring (bicyclic) bond motifs is 3. The second-order valence-electron chi connectivity index (χ2n) is 7.43. The van der Waals surface area contributed by atoms with Crippen molar-refractivity contribution in [2.45, 2.75) is 86.0 Å². The van der Waals surface area contributed by atoms with Crippen LogP contribution in [-0.2, 0) is 5.41 Å². The van der Waals surface area contributed by atoms with E-state index in [9.17, 15) is 0 Å². The van der Waals surface area contributed by atoms with Crippen molar-refractivity contribution in [2.24, 2.45) is 5.92 Å². The molecular weight excluding hydrogens is 292 g/mol. The highest BCUT2D eigenvalue weighted by molar-refractivity contribution is 5.90. The summed E-state index contributed by atoms with van der Waals surface area (Å²) in [6.07, 6.45) is 8.31. The highest BCUT2D eigenvalue weighted by Crippen LogP contribution is 2.53. The van der Waals surface area contributed by atoms with Crippen LogP contribution in [-0.4, -0.2) is 9.97 Å². The Kier molecular flexibility index (Phi) is 5.67. The van der Waals surface area contributed by atoms with Crippen molar-refractivity contribution < 1.29 is 0 Å². The Morgan fingerprint density at radius 1 is 1.17 bits per heavy atom. The number of nitrogens with zero attached hydrogens (tertiary/aromatic N) is 2. The second-order valence-corrected chi connectivity index (χ2v) is 7.43. The predicted octanol–water partition coefficient (Wildman–Crippen LogP) is 6.36. The van der Waals surface area contributed by atoms with Crippen molar-refractivity contribution in [1.82, 2.24) is 9.97 Å². The van der Waals surface area contributed by atoms with E-state index >= 15 is 0 Å². The first-order valence-corrected chi connectivity index (χ1v) is 9.72. The Bertz CT molecular complexity index is 661. The summed E-state index contributed by atoms with van der Waals surface area (Å²) in [4.78, 5) is 9.76. The van der Waals surface area contributed by atoms with Crippen molar-refractivity contribution in [1.29, 1.82) is 0 Å². The number of rotatable bonds is 3. The van der Waals surface area contributed by atoms with Gasteiger partial charge in [0, 0.05) is 16.9 Å². The van der Waals surface area contributed by atoms with Gasteiger partial charge in [0.25, 0.3) is 0 Å². The number of aromatic nitrogens is 2. The van der Waals surface area contributed by atoms with E-state index in [0.717, 1.165) is 25.1 Å². The van der Waals surface area contributed by atoms with Crippen molar-refractivity contribution in [3.63, 3.8) is 0 Å². The molecule has 2 nitrogen and oxygen atoms in total. The van der Waals surface area contributed by atoms with Crippen molar-refractivity contribution in [3.8, 4) is 0 Å². The molecule has 0 spiro atoms. The van der Waals surface area contributed by atoms with Crippen LogP contribution in [0.5, 0.6) is 0 Å². The molecule has 24 heavy (non-hydrogen) atoms. The SMILES string of the molecule is CC.CCC(CC)c1nc(C)nc2c1C1=CC(C)CC=C1C2(C)C. The molecular formula is C22H34N2. The Morgan fingerprint density at radius 2 is 1.79 bits per heavy atom. The molecule has 132 valence electrons. The maximum atomic E-state index is 4.89. The lowest BCUT2D eigenvalue weighted by Crippen LogP contribution is -2.19. The van der Waals surface area contributed by atoms with Gasteiger partial charge in [-0.15, -0.1) is 0 Å². The number of hydrogen-bond donors (Lipinski definition) is 0. The van der Waals surface area contributed by atoms with Gasteiger partial charge in [-0.2, -0.15) is 0 Å². The Balaban J connectivity index is 0.00000100. The van der Waals surface area contributed by atoms with Gasteiger partial charge in [-0.3, -0.25) is 0 Å². The summed E-state index contributed by atoms with van der Waals surface area (Å²) in [6.45, 7) is 17.5. The van der Waals surface area contributed by atoms with E-state index in [4.69, 9.17) is 9.97 Å². The molecule has 1 heterocycles. The average molecular weight is 327 g/mol. The lowest BCUT2D eigenvalue weighted by molar-refractivity contribution is 0.594. The molecule has 0 amide bonds. The van der Waals surface area contributed by atoms with Crippen LogP contribution in [0.2, 0.25) is 0 Å². The average Bonchev–Trinajstić information content (AvgIpc) is 2.78. The Hall–Kier alpha value is -1.44. The Labute approximate surface area is 148 Å². The summed E-state index contributed by atoms with van der Waals surface area (Å²) < 4.78 is 0. The highest BCUT2D eigenvalue weighted by Gasteiger charge is 2.43. The molecule has 0 radical (unpaired) electrons. The fraction of sp³-hybridized carbons (Fsp3) is 0.636. The summed E-state index contributed by atoms with van der Waals surface area (Å²) >= 11 is 0. The van der Waals surface area contributed by atoms with Gasteiger partial charge < -0.3 is 0 Å². The van der Waals surface area contributed by atoms with Gasteiger partial charge in [-0.25, -0.2) is 9.97 Å². The summed E-state index contributed by atoms with van der Waals surface area (Å²) in [5.41, 5.74) is 6.77. The molecule has 2 aliphatic rings. The van der Waals surface area contributed by atoms with E-state index < -0.39 is 0 Å². The van der Waals surface area contributed by atoms with Gasteiger partial charge in [0.1, 0.15) is 5.82 Å². The van der Waals surface area contributed by atoms with Crippen LogP contribution >= 0.6 is 0 Å². The molecule has 0 bridgehead atoms. The largest absolute Gasteiger partial charge is 0.237 e. The van der Waals surface area contributed by atoms with Crippen LogP contribution in [0.3, 0.4) is 0 Å². The minimum absolute atomic E-state index is 0.00971. The van der Waals surface area contributed by atoms with E-state index in [1.807, 2.05) is 20.8 Å². The number of allylic oxidation sites excluding steroid dienone is 4. The smallest absolute Gasteiger partial charge is 0.125 e. The van der Waals surface area contributed by atoms with Crippen molar-refractivity contribution in [3.05, 3.63) is 40.5 Å². The zero-order chi connectivity index (χ0) is 18.1. The highest BCUT2D eigenvalue weighted by atomic mass is 14.9. The minimum Gasteiger partial charge on any atom is -0.237 e. The monoisotopic (exact) mass is 326 g/mol. The number of hydrogen-bond acceptors (Lipinski definition) is 2. The molecule has 0 fully saturated rings. The predicted molar refractivity (Wildman–Crippen MR) is 104 cm³/mol. The van der Waals surface area contributed by atoms with Gasteiger partial charge in [0.2, 0.25) is 0 Å². The first-order valence-electron chi connectivity index (χ1n) is 9.72. The topological polar surface area (TPSA) is 25.8 Å². The summed E-state index contributed by atoms with van der Waals surface area (Å²) in [7, 11) is 0. The molecule has 1 atom stereocenters. The van der Waals surface area contributed by atoms with Crippen LogP contribution in [0.25, 0.3) is 5.57 Å². The summed E-state index contributed by atoms with van der Waals surface area (Å²) in [5.74, 6) is 2.06. The van der Waals surface area contributed by atoms with Crippen molar-refractivity contribution >= 4 is 5.57 Å². The normalized spacial score (nSPS) is 20.6. The van der Waals surface area contributed by atoms with Crippen LogP contribution < -0.4 is 0 Å². The molecule has 1 aromatic rings. The fourth-order valence-corrected chi connectivity index (χ4v) is 4.08. The third-order valence-electron chi connectivity index (χ3n) is 5.39. The van der Waals surface area contributed by atoms with E-state index in [0.29, 0.717) is 11.8 Å². The molecule has 0 N–H and O–H groups in total. The van der Waals surface area contributed by atoms with Crippen LogP contribution in [0.1, 0.15) is 96.4 Å². The van der Waals surface area contributed by atoms with Gasteiger partial charge in [0.05, 0.1) is 11.4 Å². The maximum Gasteiger partial charge on any atom is 0.125 e. The first kappa shape index (κ1) is 18.9. The molecule has 0 saturated carbocycles. The molecule has 2 heteroatoms. The van der Waals surface area contributed by atoms with E-state index in [1.54, 1.807) is 0 Å². The molecule has 1 aromatic heterocycles. The third-order valence-corrected chi connectivity index (χ3v) is 5.39. The van der Waals surface area contributed by atoms with Gasteiger partial charge in [-0.05, 0) is 43.3 Å². The summed E-state index contributed by atoms with van der Waals surface area (Å²) in [5, 5.41) is 0. The lowest BCUT2D eigenvalue weighted by atomic mass is 9.80. The van der Waals surface area contributed by atoms with Crippen LogP contribution in [0.15, 0.2) is 17.7 Å². The molecule has 0 aromatic carbocycles. The van der Waals surface area contributed by atoms with Crippen LogP contribution in [0.4, 0.5) is 0 Å². The fourth-order valence-electron chi connectivity index (χ4n) is 4.08. The zero-order valence-electron chi connectivity index (χ0n) is 16.8. The molecule has 1 unspecified atom stereocenters. The quantitative estimate of drug-likeness (QED) is 0.646. The standard InChI is InChI=1S/C20H28N2.C2H6/c1-7-14(8-2)18-17-15-11-12(3)9-10-16(15)20(5,6)19(17)22-13(4)21-18;1-2/h10-12,14H,7-9H2,1-6H3;1-2H3. The van der Waals surface area contributed by atoms with Gasteiger partial charge in [0.15, 0.2) is 0 Å². The minimum atomic E-state index is 0.00971. The Morgan fingerprint density at radius 3 is 2.38 bits per heavy atom. The van der Waals surface area contributed by atoms with E-state index in [1.165, 1.54) is 28.1 Å². The van der Waals surface area contributed by atoms with Gasteiger partial charge in [-0.1, -0.05) is 60.6 Å².